The highest BCUT2D eigenvalue weighted by Gasteiger charge is 2.22. The van der Waals surface area contributed by atoms with E-state index in [2.05, 4.69) is 17.4 Å². The Labute approximate surface area is 102 Å². The van der Waals surface area contributed by atoms with E-state index in [-0.39, 0.29) is 18.5 Å². The quantitative estimate of drug-likeness (QED) is 0.788. The van der Waals surface area contributed by atoms with E-state index < -0.39 is 0 Å². The van der Waals surface area contributed by atoms with Gasteiger partial charge in [0.25, 0.3) is 0 Å². The lowest BCUT2D eigenvalue weighted by molar-refractivity contribution is -0.117. The first-order valence-electron chi connectivity index (χ1n) is 6.32. The van der Waals surface area contributed by atoms with Crippen molar-refractivity contribution in [3.63, 3.8) is 0 Å². The van der Waals surface area contributed by atoms with E-state index in [9.17, 15) is 4.79 Å². The van der Waals surface area contributed by atoms with Crippen LogP contribution in [0.1, 0.15) is 37.3 Å². The first kappa shape index (κ1) is 12.1. The van der Waals surface area contributed by atoms with Crippen LogP contribution < -0.4 is 11.1 Å². The molecule has 0 heterocycles. The topological polar surface area (TPSA) is 55.1 Å². The van der Waals surface area contributed by atoms with Crippen LogP contribution in [0.5, 0.6) is 0 Å². The summed E-state index contributed by atoms with van der Waals surface area (Å²) in [6.07, 6.45) is 5.10. The number of hydrogen-bond donors (Lipinski definition) is 2. The molecular weight excluding hydrogens is 212 g/mol. The minimum atomic E-state index is -0.292. The van der Waals surface area contributed by atoms with Crippen LogP contribution >= 0.6 is 0 Å². The van der Waals surface area contributed by atoms with E-state index in [1.807, 2.05) is 18.2 Å². The first-order valence-corrected chi connectivity index (χ1v) is 6.32. The molecule has 92 valence electrons. The number of carbonyl (C=O) groups is 1. The van der Waals surface area contributed by atoms with E-state index in [1.54, 1.807) is 0 Å². The van der Waals surface area contributed by atoms with Crippen LogP contribution in [0, 0.1) is 5.92 Å². The molecule has 0 aromatic heterocycles. The predicted octanol–water partition coefficient (Wildman–Crippen LogP) is 1.99. The van der Waals surface area contributed by atoms with Crippen molar-refractivity contribution in [1.82, 2.24) is 5.32 Å². The van der Waals surface area contributed by atoms with Gasteiger partial charge in [0.05, 0.1) is 6.54 Å². The third-order valence-corrected chi connectivity index (χ3v) is 3.52. The molecule has 3 heteroatoms. The van der Waals surface area contributed by atoms with Crippen LogP contribution in [0.15, 0.2) is 30.3 Å². The molecule has 1 amide bonds. The molecule has 1 aromatic carbocycles. The zero-order valence-corrected chi connectivity index (χ0v) is 10.1. The molecule has 3 nitrogen and oxygen atoms in total. The fraction of sp³-hybridized carbons (Fsp3) is 0.500. The smallest absolute Gasteiger partial charge is 0.231 e. The molecule has 0 aliphatic heterocycles. The summed E-state index contributed by atoms with van der Waals surface area (Å²) in [5, 5.41) is 3.26. The maximum absolute atomic E-state index is 10.9. The Morgan fingerprint density at radius 2 is 2.06 bits per heavy atom. The van der Waals surface area contributed by atoms with E-state index in [0.717, 1.165) is 12.3 Å². The molecule has 2 rings (SSSR count). The van der Waals surface area contributed by atoms with Crippen molar-refractivity contribution in [2.75, 3.05) is 6.54 Å². The summed E-state index contributed by atoms with van der Waals surface area (Å²) in [6.45, 7) is 0.256. The van der Waals surface area contributed by atoms with Gasteiger partial charge in [-0.05, 0) is 17.9 Å². The number of carbonyl (C=O) groups excluding carboxylic acids is 1. The van der Waals surface area contributed by atoms with Crippen molar-refractivity contribution in [2.24, 2.45) is 11.7 Å². The van der Waals surface area contributed by atoms with E-state index in [4.69, 9.17) is 5.73 Å². The van der Waals surface area contributed by atoms with Gasteiger partial charge in [-0.25, -0.2) is 0 Å². The third kappa shape index (κ3) is 3.56. The zero-order chi connectivity index (χ0) is 12.1. The van der Waals surface area contributed by atoms with Gasteiger partial charge >= 0.3 is 0 Å². The van der Waals surface area contributed by atoms with Crippen molar-refractivity contribution < 1.29 is 4.79 Å². The molecule has 3 N–H and O–H groups in total. The molecule has 1 fully saturated rings. The molecule has 0 bridgehead atoms. The van der Waals surface area contributed by atoms with Crippen LogP contribution in [0.3, 0.4) is 0 Å². The average Bonchev–Trinajstić information content (AvgIpc) is 2.27. The Kier molecular flexibility index (Phi) is 4.15. The Morgan fingerprint density at radius 3 is 2.59 bits per heavy atom. The molecule has 1 aliphatic carbocycles. The van der Waals surface area contributed by atoms with Crippen LogP contribution in [0.4, 0.5) is 0 Å². The van der Waals surface area contributed by atoms with Crippen LogP contribution in [0.2, 0.25) is 0 Å². The second-order valence-electron chi connectivity index (χ2n) is 4.84. The molecule has 0 saturated heterocycles. The van der Waals surface area contributed by atoms with Crippen LogP contribution in [0.25, 0.3) is 0 Å². The van der Waals surface area contributed by atoms with Crippen molar-refractivity contribution in [3.05, 3.63) is 35.9 Å². The normalized spacial score (nSPS) is 17.4. The molecule has 1 atom stereocenters. The van der Waals surface area contributed by atoms with E-state index >= 15 is 0 Å². The largest absolute Gasteiger partial charge is 0.369 e. The van der Waals surface area contributed by atoms with Gasteiger partial charge in [-0.1, -0.05) is 49.6 Å². The minimum absolute atomic E-state index is 0.256. The Hall–Kier alpha value is -1.35. The maximum atomic E-state index is 10.9. The first-order chi connectivity index (χ1) is 8.25. The van der Waals surface area contributed by atoms with E-state index in [1.165, 1.54) is 24.8 Å². The van der Waals surface area contributed by atoms with Crippen LogP contribution in [-0.2, 0) is 4.79 Å². The summed E-state index contributed by atoms with van der Waals surface area (Å²) in [6, 6.07) is 10.6. The molecular formula is C14H20N2O. The summed E-state index contributed by atoms with van der Waals surface area (Å²) >= 11 is 0. The number of primary amides is 1. The van der Waals surface area contributed by atoms with Gasteiger partial charge in [0, 0.05) is 6.04 Å². The third-order valence-electron chi connectivity index (χ3n) is 3.52. The highest BCUT2D eigenvalue weighted by molar-refractivity contribution is 5.75. The van der Waals surface area contributed by atoms with Crippen molar-refractivity contribution in [3.8, 4) is 0 Å². The minimum Gasteiger partial charge on any atom is -0.369 e. The summed E-state index contributed by atoms with van der Waals surface area (Å²) in [5.74, 6) is 0.514. The predicted molar refractivity (Wildman–Crippen MR) is 68.3 cm³/mol. The lowest BCUT2D eigenvalue weighted by Gasteiger charge is -2.30. The summed E-state index contributed by atoms with van der Waals surface area (Å²) in [4.78, 5) is 10.9. The van der Waals surface area contributed by atoms with Gasteiger partial charge < -0.3 is 11.1 Å². The summed E-state index contributed by atoms with van der Waals surface area (Å²) in [7, 11) is 0. The second-order valence-corrected chi connectivity index (χ2v) is 4.84. The molecule has 0 unspecified atom stereocenters. The summed E-state index contributed by atoms with van der Waals surface area (Å²) in [5.41, 5.74) is 6.45. The lowest BCUT2D eigenvalue weighted by atomic mass is 9.79. The summed E-state index contributed by atoms with van der Waals surface area (Å²) < 4.78 is 0. The highest BCUT2D eigenvalue weighted by Crippen LogP contribution is 2.34. The zero-order valence-electron chi connectivity index (χ0n) is 10.1. The van der Waals surface area contributed by atoms with Gasteiger partial charge in [-0.3, -0.25) is 4.79 Å². The molecule has 1 aliphatic rings. The molecule has 0 radical (unpaired) electrons. The number of rotatable bonds is 6. The number of benzene rings is 1. The molecule has 0 spiro atoms. The molecule has 1 saturated carbocycles. The monoisotopic (exact) mass is 232 g/mol. The van der Waals surface area contributed by atoms with Crippen molar-refractivity contribution in [1.29, 1.82) is 0 Å². The fourth-order valence-electron chi connectivity index (χ4n) is 2.31. The standard InChI is InChI=1S/C14H20N2O/c15-14(17)10-16-13(9-11-5-4-6-11)12-7-2-1-3-8-12/h1-3,7-8,11,13,16H,4-6,9-10H2,(H2,15,17)/t13-/m0/s1. The van der Waals surface area contributed by atoms with Gasteiger partial charge in [-0.15, -0.1) is 0 Å². The molecule has 17 heavy (non-hydrogen) atoms. The Bertz CT molecular complexity index is 360. The van der Waals surface area contributed by atoms with Crippen LogP contribution in [-0.4, -0.2) is 12.5 Å². The Morgan fingerprint density at radius 1 is 1.35 bits per heavy atom. The number of nitrogens with one attached hydrogen (secondary N) is 1. The number of nitrogens with two attached hydrogens (primary N) is 1. The fourth-order valence-corrected chi connectivity index (χ4v) is 2.31. The second kappa shape index (κ2) is 5.82. The molecule has 1 aromatic rings. The van der Waals surface area contributed by atoms with Gasteiger partial charge in [0.15, 0.2) is 0 Å². The maximum Gasteiger partial charge on any atom is 0.231 e. The van der Waals surface area contributed by atoms with E-state index in [0.29, 0.717) is 0 Å². The van der Waals surface area contributed by atoms with Gasteiger partial charge in [0.2, 0.25) is 5.91 Å². The number of amides is 1. The highest BCUT2D eigenvalue weighted by atomic mass is 16.1. The van der Waals surface area contributed by atoms with Crippen molar-refractivity contribution >= 4 is 5.91 Å². The SMILES string of the molecule is NC(=O)CN[C@@H](CC1CCC1)c1ccccc1. The van der Waals surface area contributed by atoms with Gasteiger partial charge in [-0.2, -0.15) is 0 Å². The lowest BCUT2D eigenvalue weighted by Crippen LogP contribution is -2.33. The van der Waals surface area contributed by atoms with Gasteiger partial charge in [0.1, 0.15) is 0 Å². The average molecular weight is 232 g/mol. The Balaban J connectivity index is 1.98. The number of hydrogen-bond acceptors (Lipinski definition) is 2. The van der Waals surface area contributed by atoms with Crippen molar-refractivity contribution in [2.45, 2.75) is 31.7 Å².